The van der Waals surface area contributed by atoms with Crippen molar-refractivity contribution in [2.45, 2.75) is 32.6 Å². The predicted octanol–water partition coefficient (Wildman–Crippen LogP) is 3.19. The lowest BCUT2D eigenvalue weighted by Gasteiger charge is -2.22. The molecule has 2 N–H and O–H groups in total. The Labute approximate surface area is 152 Å². The molecule has 0 radical (unpaired) electrons. The summed E-state index contributed by atoms with van der Waals surface area (Å²) in [4.78, 5) is 0. The van der Waals surface area contributed by atoms with E-state index in [2.05, 4.69) is 68.6 Å². The van der Waals surface area contributed by atoms with Crippen LogP contribution in [-0.2, 0) is 16.6 Å². The first kappa shape index (κ1) is 19.5. The van der Waals surface area contributed by atoms with E-state index in [1.54, 1.807) is 0 Å². The van der Waals surface area contributed by atoms with Gasteiger partial charge in [-0.3, -0.25) is 0 Å². The number of hydrogen-bond donors (Lipinski definition) is 1. The fourth-order valence-electron chi connectivity index (χ4n) is 2.75. The number of quaternary nitrogens is 1. The molecule has 0 aliphatic rings. The number of rotatable bonds is 10. The summed E-state index contributed by atoms with van der Waals surface area (Å²) in [6.07, 6.45) is 1.10. The molecule has 0 spiro atoms. The lowest BCUT2D eigenvalue weighted by Crippen LogP contribution is -2.85. The molecule has 0 atom stereocenters. The Morgan fingerprint density at radius 2 is 1.52 bits per heavy atom. The highest BCUT2D eigenvalue weighted by Crippen LogP contribution is 2.30. The predicted molar refractivity (Wildman–Crippen MR) is 103 cm³/mol. The number of nitrogens with two attached hydrogens (primary N) is 1. The van der Waals surface area contributed by atoms with Gasteiger partial charge in [0.15, 0.2) is 0 Å². The highest BCUT2D eigenvalue weighted by molar-refractivity contribution is 5.38. The molecule has 2 aromatic carbocycles. The molecule has 3 heteroatoms. The Hall–Kier alpha value is -1.84. The maximum absolute atomic E-state index is 5.91. The van der Waals surface area contributed by atoms with E-state index in [0.717, 1.165) is 31.9 Å². The van der Waals surface area contributed by atoms with Crippen molar-refractivity contribution >= 4 is 0 Å². The van der Waals surface area contributed by atoms with Crippen molar-refractivity contribution in [2.24, 2.45) is 0 Å². The second-order valence-corrected chi connectivity index (χ2v) is 7.31. The first-order valence-corrected chi connectivity index (χ1v) is 9.23. The minimum Gasteiger partial charge on any atom is -0.491 e. The minimum atomic E-state index is 0.0885. The second-order valence-electron chi connectivity index (χ2n) is 7.31. The Bertz CT molecular complexity index is 605. The smallest absolute Gasteiger partial charge is 0.123 e. The fourth-order valence-corrected chi connectivity index (χ4v) is 2.75. The van der Waals surface area contributed by atoms with E-state index in [1.807, 2.05) is 12.1 Å². The van der Waals surface area contributed by atoms with Gasteiger partial charge in [0.2, 0.25) is 0 Å². The molecule has 0 saturated carbocycles. The number of ether oxygens (including phenoxy) is 2. The van der Waals surface area contributed by atoms with E-state index in [1.165, 1.54) is 11.1 Å². The minimum absolute atomic E-state index is 0.0885. The summed E-state index contributed by atoms with van der Waals surface area (Å²) in [6, 6.07) is 18.9. The summed E-state index contributed by atoms with van der Waals surface area (Å²) in [6.45, 7) is 10.7. The first-order chi connectivity index (χ1) is 12.1. The van der Waals surface area contributed by atoms with Gasteiger partial charge < -0.3 is 14.8 Å². The van der Waals surface area contributed by atoms with Crippen LogP contribution in [0.1, 0.15) is 31.9 Å². The third-order valence-corrected chi connectivity index (χ3v) is 4.13. The fraction of sp³-hybridized carbons (Fsp3) is 0.455. The van der Waals surface area contributed by atoms with Gasteiger partial charge in [-0.2, -0.15) is 0 Å². The van der Waals surface area contributed by atoms with Crippen LogP contribution in [0.25, 0.3) is 0 Å². The zero-order chi connectivity index (χ0) is 18.0. The summed E-state index contributed by atoms with van der Waals surface area (Å²) >= 11 is 0. The Morgan fingerprint density at radius 3 is 2.28 bits per heavy atom. The SMILES string of the molecule is CC(C)(C)c1ccccc1OCCOCC[NH2+]CCc1ccccc1. The quantitative estimate of drug-likeness (QED) is 0.673. The average Bonchev–Trinajstić information content (AvgIpc) is 2.61. The molecular weight excluding hydrogens is 310 g/mol. The van der Waals surface area contributed by atoms with Crippen LogP contribution < -0.4 is 10.1 Å². The molecule has 136 valence electrons. The highest BCUT2D eigenvalue weighted by atomic mass is 16.5. The monoisotopic (exact) mass is 342 g/mol. The topological polar surface area (TPSA) is 35.1 Å². The summed E-state index contributed by atoms with van der Waals surface area (Å²) in [5.41, 5.74) is 2.72. The van der Waals surface area contributed by atoms with E-state index in [4.69, 9.17) is 9.47 Å². The zero-order valence-corrected chi connectivity index (χ0v) is 15.8. The lowest BCUT2D eigenvalue weighted by atomic mass is 9.86. The van der Waals surface area contributed by atoms with Crippen molar-refractivity contribution in [3.63, 3.8) is 0 Å². The third kappa shape index (κ3) is 7.29. The Morgan fingerprint density at radius 1 is 0.800 bits per heavy atom. The molecule has 0 heterocycles. The van der Waals surface area contributed by atoms with Crippen LogP contribution in [0.5, 0.6) is 5.75 Å². The van der Waals surface area contributed by atoms with Crippen molar-refractivity contribution in [1.29, 1.82) is 0 Å². The molecule has 0 bridgehead atoms. The van der Waals surface area contributed by atoms with Crippen molar-refractivity contribution in [3.8, 4) is 5.75 Å². The molecule has 0 saturated heterocycles. The molecule has 0 unspecified atom stereocenters. The summed E-state index contributed by atoms with van der Waals surface area (Å²) in [5, 5.41) is 2.31. The van der Waals surface area contributed by atoms with Crippen molar-refractivity contribution < 1.29 is 14.8 Å². The number of benzene rings is 2. The van der Waals surface area contributed by atoms with Gasteiger partial charge in [0.05, 0.1) is 26.3 Å². The van der Waals surface area contributed by atoms with E-state index in [0.29, 0.717) is 13.2 Å². The van der Waals surface area contributed by atoms with E-state index in [9.17, 15) is 0 Å². The second kappa shape index (κ2) is 10.2. The molecular formula is C22H32NO2+. The van der Waals surface area contributed by atoms with Gasteiger partial charge in [0.25, 0.3) is 0 Å². The molecule has 0 aliphatic heterocycles. The summed E-state index contributed by atoms with van der Waals surface area (Å²) < 4.78 is 11.6. The Balaban J connectivity index is 1.54. The van der Waals surface area contributed by atoms with E-state index < -0.39 is 0 Å². The van der Waals surface area contributed by atoms with E-state index in [-0.39, 0.29) is 5.41 Å². The van der Waals surface area contributed by atoms with Gasteiger partial charge in [-0.25, -0.2) is 0 Å². The van der Waals surface area contributed by atoms with Gasteiger partial charge in [-0.15, -0.1) is 0 Å². The van der Waals surface area contributed by atoms with Crippen LogP contribution in [-0.4, -0.2) is 32.9 Å². The molecule has 25 heavy (non-hydrogen) atoms. The van der Waals surface area contributed by atoms with Crippen LogP contribution in [0.4, 0.5) is 0 Å². The van der Waals surface area contributed by atoms with Crippen molar-refractivity contribution in [1.82, 2.24) is 0 Å². The average molecular weight is 343 g/mol. The number of para-hydroxylation sites is 1. The molecule has 0 fully saturated rings. The molecule has 3 nitrogen and oxygen atoms in total. The van der Waals surface area contributed by atoms with Gasteiger partial charge in [0, 0.05) is 6.42 Å². The lowest BCUT2D eigenvalue weighted by molar-refractivity contribution is -0.655. The van der Waals surface area contributed by atoms with Crippen molar-refractivity contribution in [2.75, 3.05) is 32.9 Å². The van der Waals surface area contributed by atoms with Crippen molar-refractivity contribution in [3.05, 3.63) is 65.7 Å². The maximum Gasteiger partial charge on any atom is 0.123 e. The Kier molecular flexibility index (Phi) is 7.96. The van der Waals surface area contributed by atoms with Crippen LogP contribution in [0.2, 0.25) is 0 Å². The van der Waals surface area contributed by atoms with Gasteiger partial charge in [-0.1, -0.05) is 69.3 Å². The van der Waals surface area contributed by atoms with Gasteiger partial charge in [-0.05, 0) is 22.6 Å². The zero-order valence-electron chi connectivity index (χ0n) is 15.8. The summed E-state index contributed by atoms with van der Waals surface area (Å²) in [7, 11) is 0. The molecule has 2 aromatic rings. The van der Waals surface area contributed by atoms with Crippen LogP contribution in [0.3, 0.4) is 0 Å². The van der Waals surface area contributed by atoms with E-state index >= 15 is 0 Å². The normalized spacial score (nSPS) is 11.5. The molecule has 2 rings (SSSR count). The standard InChI is InChI=1S/C22H31NO2/c1-22(2,3)20-11-7-8-12-21(20)25-18-17-24-16-15-23-14-13-19-9-5-4-6-10-19/h4-12,23H,13-18H2,1-3H3/p+1. The maximum atomic E-state index is 5.91. The first-order valence-electron chi connectivity index (χ1n) is 9.23. The number of hydrogen-bond acceptors (Lipinski definition) is 2. The molecule has 0 amide bonds. The summed E-state index contributed by atoms with van der Waals surface area (Å²) in [5.74, 6) is 0.966. The molecule has 0 aliphatic carbocycles. The third-order valence-electron chi connectivity index (χ3n) is 4.13. The van der Waals surface area contributed by atoms with Gasteiger partial charge in [0.1, 0.15) is 12.4 Å². The largest absolute Gasteiger partial charge is 0.491 e. The van der Waals surface area contributed by atoms with Crippen LogP contribution in [0, 0.1) is 0 Å². The van der Waals surface area contributed by atoms with Crippen LogP contribution >= 0.6 is 0 Å². The highest BCUT2D eigenvalue weighted by Gasteiger charge is 2.18. The molecule has 0 aromatic heterocycles. The van der Waals surface area contributed by atoms with Crippen LogP contribution in [0.15, 0.2) is 54.6 Å². The van der Waals surface area contributed by atoms with Gasteiger partial charge >= 0.3 is 0 Å².